The number of aryl methyl sites for hydroxylation is 2. The van der Waals surface area contributed by atoms with E-state index in [0.29, 0.717) is 11.3 Å². The lowest BCUT2D eigenvalue weighted by atomic mass is 10.1. The zero-order valence-corrected chi connectivity index (χ0v) is 20.0. The van der Waals surface area contributed by atoms with Crippen LogP contribution in [-0.2, 0) is 0 Å². The minimum absolute atomic E-state index is 0.177. The first-order valence-corrected chi connectivity index (χ1v) is 11.1. The van der Waals surface area contributed by atoms with Crippen molar-refractivity contribution in [1.29, 1.82) is 0 Å². The number of nitrogens with zero attached hydrogens (tertiary/aromatic N) is 4. The number of carbonyl (C=O) groups excluding carboxylic acids is 1. The molecular weight excluding hydrogens is 500 g/mol. The molecule has 0 aliphatic heterocycles. The third kappa shape index (κ3) is 4.43. The van der Waals surface area contributed by atoms with E-state index in [1.54, 1.807) is 10.6 Å². The first kappa shape index (κ1) is 21.3. The van der Waals surface area contributed by atoms with Crippen molar-refractivity contribution in [3.8, 4) is 16.3 Å². The van der Waals surface area contributed by atoms with Crippen molar-refractivity contribution in [2.75, 3.05) is 12.4 Å². The molecule has 1 amide bonds. The molecule has 4 aromatic rings. The molecule has 2 N–H and O–H groups in total. The van der Waals surface area contributed by atoms with Crippen LogP contribution in [0.1, 0.15) is 21.7 Å². The number of rotatable bonds is 4. The minimum Gasteiger partial charge on any atom is -0.496 e. The molecule has 4 rings (SSSR count). The van der Waals surface area contributed by atoms with Crippen LogP contribution in [0.2, 0.25) is 0 Å². The Morgan fingerprint density at radius 2 is 2.03 bits per heavy atom. The van der Waals surface area contributed by atoms with E-state index in [9.17, 15) is 4.79 Å². The van der Waals surface area contributed by atoms with Crippen molar-refractivity contribution in [3.63, 3.8) is 0 Å². The maximum absolute atomic E-state index is 12.8. The molecule has 8 nitrogen and oxygen atoms in total. The van der Waals surface area contributed by atoms with Crippen molar-refractivity contribution in [2.24, 2.45) is 0 Å². The van der Waals surface area contributed by atoms with Gasteiger partial charge in [0.15, 0.2) is 10.9 Å². The number of halogens is 1. The van der Waals surface area contributed by atoms with Gasteiger partial charge in [0.1, 0.15) is 10.8 Å². The van der Waals surface area contributed by atoms with Gasteiger partial charge in [0.05, 0.1) is 12.7 Å². The maximum Gasteiger partial charge on any atom is 0.261 e. The number of fused-ring (bicyclic) bond motifs is 1. The summed E-state index contributed by atoms with van der Waals surface area (Å²) in [7, 11) is 1.53. The smallest absolute Gasteiger partial charge is 0.261 e. The van der Waals surface area contributed by atoms with Crippen LogP contribution in [-0.4, -0.2) is 37.9 Å². The highest BCUT2D eigenvalue weighted by molar-refractivity contribution is 9.10. The van der Waals surface area contributed by atoms with Crippen molar-refractivity contribution >= 4 is 61.2 Å². The van der Waals surface area contributed by atoms with Crippen LogP contribution in [0, 0.1) is 13.8 Å². The second-order valence-electron chi connectivity index (χ2n) is 6.64. The van der Waals surface area contributed by atoms with E-state index in [-0.39, 0.29) is 11.0 Å². The molecule has 0 unspecified atom stereocenters. The molecule has 0 saturated carbocycles. The number of anilines is 1. The van der Waals surface area contributed by atoms with Crippen LogP contribution >= 0.6 is 39.5 Å². The highest BCUT2D eigenvalue weighted by Gasteiger charge is 2.17. The largest absolute Gasteiger partial charge is 0.496 e. The molecule has 158 valence electrons. The summed E-state index contributed by atoms with van der Waals surface area (Å²) in [5.41, 5.74) is 2.86. The lowest BCUT2D eigenvalue weighted by Crippen LogP contribution is -2.34. The molecule has 11 heteroatoms. The molecule has 2 aromatic heterocycles. The third-order valence-electron chi connectivity index (χ3n) is 4.43. The van der Waals surface area contributed by atoms with E-state index >= 15 is 0 Å². The lowest BCUT2D eigenvalue weighted by Gasteiger charge is -2.14. The van der Waals surface area contributed by atoms with Crippen LogP contribution in [0.4, 0.5) is 5.69 Å². The number of carbonyl (C=O) groups is 1. The van der Waals surface area contributed by atoms with Gasteiger partial charge in [0, 0.05) is 15.7 Å². The third-order valence-corrected chi connectivity index (χ3v) is 6.04. The molecule has 0 bridgehead atoms. The Balaban J connectivity index is 1.50. The van der Waals surface area contributed by atoms with Crippen molar-refractivity contribution in [2.45, 2.75) is 13.8 Å². The quantitative estimate of drug-likeness (QED) is 0.389. The molecule has 31 heavy (non-hydrogen) atoms. The van der Waals surface area contributed by atoms with Gasteiger partial charge in [-0.15, -0.1) is 10.2 Å². The van der Waals surface area contributed by atoms with Gasteiger partial charge in [0.25, 0.3) is 5.91 Å². The topological polar surface area (TPSA) is 93.4 Å². The number of benzene rings is 2. The van der Waals surface area contributed by atoms with E-state index in [1.165, 1.54) is 18.4 Å². The summed E-state index contributed by atoms with van der Waals surface area (Å²) < 4.78 is 7.87. The van der Waals surface area contributed by atoms with E-state index in [4.69, 9.17) is 17.0 Å². The highest BCUT2D eigenvalue weighted by Crippen LogP contribution is 2.29. The Bertz CT molecular complexity index is 1320. The summed E-state index contributed by atoms with van der Waals surface area (Å²) in [6.07, 6.45) is 0. The number of hydrogen-bond donors (Lipinski definition) is 2. The number of hydrogen-bond acceptors (Lipinski definition) is 7. The summed E-state index contributed by atoms with van der Waals surface area (Å²) in [6.45, 7) is 3.72. The zero-order chi connectivity index (χ0) is 22.1. The molecule has 2 aromatic carbocycles. The molecular formula is C20H17BrN6O2S2. The predicted molar refractivity (Wildman–Crippen MR) is 128 cm³/mol. The number of methoxy groups -OCH3 is 1. The second kappa shape index (κ2) is 8.69. The second-order valence-corrected chi connectivity index (χ2v) is 8.92. The fourth-order valence-electron chi connectivity index (χ4n) is 3.06. The normalized spacial score (nSPS) is 10.8. The van der Waals surface area contributed by atoms with Crippen molar-refractivity contribution in [3.05, 3.63) is 57.8 Å². The van der Waals surface area contributed by atoms with Gasteiger partial charge < -0.3 is 10.1 Å². The molecule has 0 saturated heterocycles. The van der Waals surface area contributed by atoms with Crippen molar-refractivity contribution in [1.82, 2.24) is 25.1 Å². The molecule has 2 heterocycles. The van der Waals surface area contributed by atoms with Crippen LogP contribution in [0.15, 0.2) is 40.9 Å². The standard InChI is InChI=1S/C20H17BrN6O2S2/c1-10-7-13(21)9-15(16(10)29-3)17(28)23-19(30)22-14-6-4-5-12(8-14)18-26-27-11(2)24-25-20(27)31-18/h4-9H,1-3H3,(H2,22,23,28,30). The minimum atomic E-state index is -0.362. The summed E-state index contributed by atoms with van der Waals surface area (Å²) in [5.74, 6) is 0.872. The SMILES string of the molecule is COc1c(C)cc(Br)cc1C(=O)NC(=S)Nc1cccc(-c2nn3c(C)nnc3s2)c1. The highest BCUT2D eigenvalue weighted by atomic mass is 79.9. The van der Waals surface area contributed by atoms with Crippen molar-refractivity contribution < 1.29 is 9.53 Å². The van der Waals surface area contributed by atoms with Crippen LogP contribution in [0.5, 0.6) is 5.75 Å². The van der Waals surface area contributed by atoms with E-state index in [0.717, 1.165) is 37.1 Å². The van der Waals surface area contributed by atoms with Gasteiger partial charge in [0.2, 0.25) is 4.96 Å². The number of amides is 1. The summed E-state index contributed by atoms with van der Waals surface area (Å²) in [4.78, 5) is 13.5. The predicted octanol–water partition coefficient (Wildman–Crippen LogP) is 4.37. The maximum atomic E-state index is 12.8. The Hall–Kier alpha value is -2.89. The zero-order valence-electron chi connectivity index (χ0n) is 16.8. The van der Waals surface area contributed by atoms with Gasteiger partial charge in [-0.2, -0.15) is 9.61 Å². The Kier molecular flexibility index (Phi) is 5.99. The number of nitrogens with one attached hydrogen (secondary N) is 2. The van der Waals surface area contributed by atoms with Crippen LogP contribution in [0.25, 0.3) is 15.5 Å². The number of thiocarbonyl (C=S) groups is 1. The number of aromatic nitrogens is 4. The summed E-state index contributed by atoms with van der Waals surface area (Å²) in [6, 6.07) is 11.2. The van der Waals surface area contributed by atoms with Gasteiger partial charge in [-0.05, 0) is 55.9 Å². The van der Waals surface area contributed by atoms with E-state index < -0.39 is 0 Å². The Labute approximate surface area is 195 Å². The average Bonchev–Trinajstić information content (AvgIpc) is 3.29. The molecule has 0 aliphatic rings. The fourth-order valence-corrected chi connectivity index (χ4v) is 4.73. The monoisotopic (exact) mass is 516 g/mol. The molecule has 0 aliphatic carbocycles. The molecule has 0 fully saturated rings. The first-order chi connectivity index (χ1) is 14.9. The van der Waals surface area contributed by atoms with Gasteiger partial charge in [-0.1, -0.05) is 39.4 Å². The summed E-state index contributed by atoms with van der Waals surface area (Å²) >= 11 is 10.2. The van der Waals surface area contributed by atoms with Gasteiger partial charge in [-0.3, -0.25) is 10.1 Å². The summed E-state index contributed by atoms with van der Waals surface area (Å²) in [5, 5.41) is 19.4. The number of ether oxygens (including phenoxy) is 1. The van der Waals surface area contributed by atoms with Crippen LogP contribution in [0.3, 0.4) is 0 Å². The average molecular weight is 517 g/mol. The van der Waals surface area contributed by atoms with E-state index in [1.807, 2.05) is 44.2 Å². The molecule has 0 radical (unpaired) electrons. The lowest BCUT2D eigenvalue weighted by molar-refractivity contribution is 0.0974. The molecule has 0 atom stereocenters. The molecule has 0 spiro atoms. The van der Waals surface area contributed by atoms with Gasteiger partial charge in [-0.25, -0.2) is 0 Å². The van der Waals surface area contributed by atoms with E-state index in [2.05, 4.69) is 41.9 Å². The Morgan fingerprint density at radius 1 is 1.23 bits per heavy atom. The Morgan fingerprint density at radius 3 is 2.77 bits per heavy atom. The van der Waals surface area contributed by atoms with Gasteiger partial charge >= 0.3 is 0 Å². The fraction of sp³-hybridized carbons (Fsp3) is 0.150. The van der Waals surface area contributed by atoms with Crippen LogP contribution < -0.4 is 15.4 Å². The first-order valence-electron chi connectivity index (χ1n) is 9.11.